The van der Waals surface area contributed by atoms with Crippen LogP contribution in [0.2, 0.25) is 0 Å². The molecule has 1 amide bonds. The molecule has 1 aromatic rings. The molecule has 0 spiro atoms. The lowest BCUT2D eigenvalue weighted by Gasteiger charge is -2.26. The van der Waals surface area contributed by atoms with Gasteiger partial charge in [-0.1, -0.05) is 6.07 Å². The summed E-state index contributed by atoms with van der Waals surface area (Å²) in [7, 11) is 1.64. The lowest BCUT2D eigenvalue weighted by atomic mass is 10.0. The molecule has 1 aliphatic heterocycles. The molecule has 1 saturated heterocycles. The van der Waals surface area contributed by atoms with E-state index in [0.29, 0.717) is 19.8 Å². The predicted octanol–water partition coefficient (Wildman–Crippen LogP) is 0.670. The van der Waals surface area contributed by atoms with Crippen LogP contribution in [0.4, 0.5) is 0 Å². The van der Waals surface area contributed by atoms with Gasteiger partial charge in [-0.05, 0) is 11.4 Å². The van der Waals surface area contributed by atoms with Gasteiger partial charge in [-0.15, -0.1) is 11.3 Å². The van der Waals surface area contributed by atoms with Gasteiger partial charge in [0.15, 0.2) is 0 Å². The third kappa shape index (κ3) is 2.89. The highest BCUT2D eigenvalue weighted by Gasteiger charge is 2.35. The Balaban J connectivity index is 1.88. The van der Waals surface area contributed by atoms with E-state index in [4.69, 9.17) is 15.2 Å². The van der Waals surface area contributed by atoms with Crippen LogP contribution in [0.15, 0.2) is 17.5 Å². The van der Waals surface area contributed by atoms with Crippen LogP contribution < -0.4 is 11.1 Å². The summed E-state index contributed by atoms with van der Waals surface area (Å²) in [5, 5.41) is 4.75. The summed E-state index contributed by atoms with van der Waals surface area (Å²) in [5.41, 5.74) is 5.48. The summed E-state index contributed by atoms with van der Waals surface area (Å²) in [5.74, 6) is -0.180. The molecule has 6 heteroatoms. The van der Waals surface area contributed by atoms with Gasteiger partial charge in [0.1, 0.15) is 11.6 Å². The Kier molecular flexibility index (Phi) is 4.34. The molecule has 0 aliphatic carbocycles. The Hall–Kier alpha value is -0.950. The van der Waals surface area contributed by atoms with Crippen LogP contribution in [0.25, 0.3) is 0 Å². The van der Waals surface area contributed by atoms with E-state index in [1.165, 1.54) is 11.3 Å². The van der Waals surface area contributed by atoms with Gasteiger partial charge in [-0.2, -0.15) is 0 Å². The lowest BCUT2D eigenvalue weighted by molar-refractivity contribution is -0.124. The minimum Gasteiger partial charge on any atom is -0.378 e. The van der Waals surface area contributed by atoms with Crippen molar-refractivity contribution in [2.75, 3.05) is 26.9 Å². The Morgan fingerprint density at radius 2 is 2.61 bits per heavy atom. The van der Waals surface area contributed by atoms with Crippen molar-refractivity contribution >= 4 is 17.2 Å². The maximum absolute atomic E-state index is 11.9. The largest absolute Gasteiger partial charge is 0.378 e. The van der Waals surface area contributed by atoms with Crippen LogP contribution in [0.3, 0.4) is 0 Å². The average molecular weight is 270 g/mol. The maximum Gasteiger partial charge on any atom is 0.242 e. The average Bonchev–Trinajstić information content (AvgIpc) is 3.06. The van der Waals surface area contributed by atoms with Gasteiger partial charge in [0, 0.05) is 31.6 Å². The van der Waals surface area contributed by atoms with Crippen LogP contribution in [0.5, 0.6) is 0 Å². The number of nitrogens with two attached hydrogens (primary N) is 1. The molecule has 1 fully saturated rings. The van der Waals surface area contributed by atoms with E-state index in [9.17, 15) is 4.79 Å². The minimum atomic E-state index is -0.610. The molecule has 2 unspecified atom stereocenters. The third-order valence-electron chi connectivity index (χ3n) is 3.22. The second kappa shape index (κ2) is 5.79. The third-order valence-corrected chi connectivity index (χ3v) is 4.17. The van der Waals surface area contributed by atoms with Crippen molar-refractivity contribution in [1.82, 2.24) is 5.32 Å². The van der Waals surface area contributed by atoms with Crippen LogP contribution in [-0.2, 0) is 14.3 Å². The van der Waals surface area contributed by atoms with E-state index in [1.807, 2.05) is 17.5 Å². The molecule has 1 aliphatic rings. The van der Waals surface area contributed by atoms with Gasteiger partial charge in [0.25, 0.3) is 0 Å². The fourth-order valence-electron chi connectivity index (χ4n) is 1.92. The highest BCUT2D eigenvalue weighted by Crippen LogP contribution is 2.22. The molecular formula is C12H18N2O3S. The zero-order valence-corrected chi connectivity index (χ0v) is 11.2. The van der Waals surface area contributed by atoms with Crippen LogP contribution in [0, 0.1) is 0 Å². The zero-order chi connectivity index (χ0) is 13.0. The summed E-state index contributed by atoms with van der Waals surface area (Å²) < 4.78 is 10.8. The molecule has 1 aromatic heterocycles. The van der Waals surface area contributed by atoms with Crippen molar-refractivity contribution in [3.63, 3.8) is 0 Å². The number of carbonyl (C=O) groups excluding carboxylic acids is 1. The van der Waals surface area contributed by atoms with E-state index >= 15 is 0 Å². The summed E-state index contributed by atoms with van der Waals surface area (Å²) in [6, 6.07) is 3.13. The van der Waals surface area contributed by atoms with Crippen molar-refractivity contribution in [2.24, 2.45) is 5.73 Å². The molecule has 0 radical (unpaired) electrons. The monoisotopic (exact) mass is 270 g/mol. The smallest absolute Gasteiger partial charge is 0.242 e. The van der Waals surface area contributed by atoms with Crippen LogP contribution in [0.1, 0.15) is 17.3 Å². The van der Waals surface area contributed by atoms with E-state index in [2.05, 4.69) is 5.32 Å². The number of methoxy groups -OCH3 is 1. The fourth-order valence-corrected chi connectivity index (χ4v) is 2.64. The van der Waals surface area contributed by atoms with E-state index in [-0.39, 0.29) is 5.91 Å². The first-order valence-electron chi connectivity index (χ1n) is 5.86. The Morgan fingerprint density at radius 1 is 1.78 bits per heavy atom. The fraction of sp³-hybridized carbons (Fsp3) is 0.583. The highest BCUT2D eigenvalue weighted by atomic mass is 32.1. The molecule has 2 heterocycles. The van der Waals surface area contributed by atoms with Crippen molar-refractivity contribution < 1.29 is 14.3 Å². The zero-order valence-electron chi connectivity index (χ0n) is 10.3. The topological polar surface area (TPSA) is 73.6 Å². The number of hydrogen-bond acceptors (Lipinski definition) is 5. The number of carbonyl (C=O) groups is 1. The van der Waals surface area contributed by atoms with Crippen molar-refractivity contribution in [3.8, 4) is 0 Å². The van der Waals surface area contributed by atoms with Gasteiger partial charge < -0.3 is 20.5 Å². The minimum absolute atomic E-state index is 0.180. The maximum atomic E-state index is 11.9. The normalized spacial score (nSPS) is 25.0. The predicted molar refractivity (Wildman–Crippen MR) is 69.4 cm³/mol. The number of nitrogens with one attached hydrogen (secondary N) is 1. The Labute approximate surface area is 110 Å². The van der Waals surface area contributed by atoms with Gasteiger partial charge in [0.2, 0.25) is 5.91 Å². The standard InChI is InChI=1S/C12H18N2O3S/c1-16-12(4-5-17-8-12)7-14-11(15)10(13)9-3-2-6-18-9/h2-3,6,10H,4-5,7-8,13H2,1H3,(H,14,15). The summed E-state index contributed by atoms with van der Waals surface area (Å²) in [6.45, 7) is 1.61. The molecule has 0 bridgehead atoms. The van der Waals surface area contributed by atoms with Crippen molar-refractivity contribution in [3.05, 3.63) is 22.4 Å². The first-order valence-corrected chi connectivity index (χ1v) is 6.74. The summed E-state index contributed by atoms with van der Waals surface area (Å²) in [6.07, 6.45) is 0.790. The van der Waals surface area contributed by atoms with E-state index in [1.54, 1.807) is 7.11 Å². The number of amides is 1. The number of thiophene rings is 1. The molecule has 18 heavy (non-hydrogen) atoms. The van der Waals surface area contributed by atoms with Gasteiger partial charge in [-0.25, -0.2) is 0 Å². The molecule has 0 aromatic carbocycles. The van der Waals surface area contributed by atoms with Crippen LogP contribution >= 0.6 is 11.3 Å². The molecule has 5 nitrogen and oxygen atoms in total. The molecule has 2 rings (SSSR count). The van der Waals surface area contributed by atoms with Crippen LogP contribution in [-0.4, -0.2) is 38.4 Å². The second-order valence-electron chi connectivity index (χ2n) is 4.40. The first-order chi connectivity index (χ1) is 8.67. The van der Waals surface area contributed by atoms with Crippen molar-refractivity contribution in [1.29, 1.82) is 0 Å². The van der Waals surface area contributed by atoms with Gasteiger partial charge in [0.05, 0.1) is 6.61 Å². The molecule has 100 valence electrons. The Morgan fingerprint density at radius 3 is 3.17 bits per heavy atom. The molecule has 3 N–H and O–H groups in total. The lowest BCUT2D eigenvalue weighted by Crippen LogP contribution is -2.47. The molecular weight excluding hydrogens is 252 g/mol. The second-order valence-corrected chi connectivity index (χ2v) is 5.38. The van der Waals surface area contributed by atoms with Gasteiger partial charge in [-0.3, -0.25) is 4.79 Å². The summed E-state index contributed by atoms with van der Waals surface area (Å²) in [4.78, 5) is 12.8. The Bertz CT molecular complexity index is 388. The van der Waals surface area contributed by atoms with Gasteiger partial charge >= 0.3 is 0 Å². The number of ether oxygens (including phenoxy) is 2. The number of rotatable bonds is 5. The molecule has 2 atom stereocenters. The highest BCUT2D eigenvalue weighted by molar-refractivity contribution is 7.10. The van der Waals surface area contributed by atoms with Crippen molar-refractivity contribution in [2.45, 2.75) is 18.1 Å². The first kappa shape index (κ1) is 13.5. The molecule has 0 saturated carbocycles. The van der Waals surface area contributed by atoms with E-state index < -0.39 is 11.6 Å². The quantitative estimate of drug-likeness (QED) is 0.825. The summed E-state index contributed by atoms with van der Waals surface area (Å²) >= 11 is 1.48. The SMILES string of the molecule is COC1(CNC(=O)C(N)c2cccs2)CCOC1. The van der Waals surface area contributed by atoms with E-state index in [0.717, 1.165) is 11.3 Å². The number of hydrogen-bond donors (Lipinski definition) is 2.